The molecule has 2 rings (SSSR count). The first-order chi connectivity index (χ1) is 9.23. The molecule has 0 aromatic heterocycles. The van der Waals surface area contributed by atoms with Crippen molar-refractivity contribution in [2.45, 2.75) is 43.7 Å². The normalized spacial score (nSPS) is 26.7. The highest BCUT2D eigenvalue weighted by atomic mass is 16.5. The van der Waals surface area contributed by atoms with Crippen molar-refractivity contribution in [3.63, 3.8) is 0 Å². The zero-order valence-electron chi connectivity index (χ0n) is 11.9. The van der Waals surface area contributed by atoms with Gasteiger partial charge in [0.2, 0.25) is 0 Å². The Kier molecular flexibility index (Phi) is 5.19. The lowest BCUT2D eigenvalue weighted by molar-refractivity contribution is -0.154. The van der Waals surface area contributed by atoms with E-state index in [4.69, 9.17) is 14.2 Å². The van der Waals surface area contributed by atoms with Gasteiger partial charge in [-0.3, -0.25) is 0 Å². The molecule has 1 saturated carbocycles. The SMILES string of the molecule is CNC(COCC1CCCCO1)(C(=O)OC)C1CC1. The maximum Gasteiger partial charge on any atom is 0.328 e. The average Bonchev–Trinajstić information content (AvgIpc) is 3.29. The van der Waals surface area contributed by atoms with E-state index in [1.54, 1.807) is 7.05 Å². The Morgan fingerprint density at radius 1 is 1.37 bits per heavy atom. The molecule has 110 valence electrons. The molecule has 1 aliphatic carbocycles. The molecule has 0 radical (unpaired) electrons. The Hall–Kier alpha value is -0.650. The molecule has 1 aliphatic heterocycles. The highest BCUT2D eigenvalue weighted by molar-refractivity contribution is 5.82. The van der Waals surface area contributed by atoms with E-state index in [0.717, 1.165) is 32.3 Å². The number of rotatable bonds is 7. The molecule has 1 heterocycles. The van der Waals surface area contributed by atoms with Gasteiger partial charge in [-0.25, -0.2) is 4.79 Å². The van der Waals surface area contributed by atoms with Crippen molar-refractivity contribution >= 4 is 5.97 Å². The molecular weight excluding hydrogens is 246 g/mol. The van der Waals surface area contributed by atoms with Gasteiger partial charge in [0.25, 0.3) is 0 Å². The minimum atomic E-state index is -0.677. The lowest BCUT2D eigenvalue weighted by Crippen LogP contribution is -2.57. The Bertz CT molecular complexity index is 300. The lowest BCUT2D eigenvalue weighted by Gasteiger charge is -2.31. The molecule has 0 aromatic carbocycles. The van der Waals surface area contributed by atoms with Crippen LogP contribution in [-0.4, -0.2) is 51.6 Å². The Labute approximate surface area is 115 Å². The first-order valence-electron chi connectivity index (χ1n) is 7.19. The fraction of sp³-hybridized carbons (Fsp3) is 0.929. The summed E-state index contributed by atoms with van der Waals surface area (Å²) in [7, 11) is 3.23. The second-order valence-electron chi connectivity index (χ2n) is 5.49. The van der Waals surface area contributed by atoms with E-state index in [9.17, 15) is 4.79 Å². The number of nitrogens with one attached hydrogen (secondary N) is 1. The van der Waals surface area contributed by atoms with Crippen LogP contribution < -0.4 is 5.32 Å². The zero-order chi connectivity index (χ0) is 13.7. The van der Waals surface area contributed by atoms with Crippen LogP contribution in [0.25, 0.3) is 0 Å². The number of carbonyl (C=O) groups is 1. The number of methoxy groups -OCH3 is 1. The summed E-state index contributed by atoms with van der Waals surface area (Å²) in [5.41, 5.74) is -0.677. The molecule has 0 aromatic rings. The number of esters is 1. The van der Waals surface area contributed by atoms with Gasteiger partial charge in [-0.1, -0.05) is 0 Å². The molecule has 1 saturated heterocycles. The van der Waals surface area contributed by atoms with Gasteiger partial charge in [0.1, 0.15) is 5.54 Å². The van der Waals surface area contributed by atoms with Gasteiger partial charge < -0.3 is 19.5 Å². The first kappa shape index (κ1) is 14.8. The summed E-state index contributed by atoms with van der Waals surface area (Å²) in [6, 6.07) is 0. The van der Waals surface area contributed by atoms with Crippen LogP contribution in [0.1, 0.15) is 32.1 Å². The summed E-state index contributed by atoms with van der Waals surface area (Å²) in [5, 5.41) is 3.13. The highest BCUT2D eigenvalue weighted by Crippen LogP contribution is 2.40. The predicted molar refractivity (Wildman–Crippen MR) is 70.9 cm³/mol. The zero-order valence-corrected chi connectivity index (χ0v) is 11.9. The van der Waals surface area contributed by atoms with Crippen molar-refractivity contribution in [3.05, 3.63) is 0 Å². The van der Waals surface area contributed by atoms with Crippen molar-refractivity contribution in [2.75, 3.05) is 34.0 Å². The van der Waals surface area contributed by atoms with E-state index in [1.165, 1.54) is 13.5 Å². The number of carbonyl (C=O) groups excluding carboxylic acids is 1. The third-order valence-electron chi connectivity index (χ3n) is 4.18. The molecule has 2 atom stereocenters. The Morgan fingerprint density at radius 2 is 2.16 bits per heavy atom. The second kappa shape index (κ2) is 6.68. The van der Waals surface area contributed by atoms with Crippen molar-refractivity contribution in [3.8, 4) is 0 Å². The average molecular weight is 271 g/mol. The summed E-state index contributed by atoms with van der Waals surface area (Å²) in [6.45, 7) is 1.75. The monoisotopic (exact) mass is 271 g/mol. The van der Waals surface area contributed by atoms with Crippen LogP contribution in [0.3, 0.4) is 0 Å². The number of hydrogen-bond acceptors (Lipinski definition) is 5. The smallest absolute Gasteiger partial charge is 0.328 e. The fourth-order valence-electron chi connectivity index (χ4n) is 2.77. The van der Waals surface area contributed by atoms with Crippen LogP contribution in [-0.2, 0) is 19.0 Å². The molecule has 19 heavy (non-hydrogen) atoms. The van der Waals surface area contributed by atoms with Gasteiger partial charge in [-0.15, -0.1) is 0 Å². The topological polar surface area (TPSA) is 56.8 Å². The van der Waals surface area contributed by atoms with Crippen LogP contribution in [0.5, 0.6) is 0 Å². The molecule has 0 spiro atoms. The van der Waals surface area contributed by atoms with Crippen molar-refractivity contribution < 1.29 is 19.0 Å². The minimum absolute atomic E-state index is 0.181. The maximum absolute atomic E-state index is 12.0. The Balaban J connectivity index is 1.84. The number of ether oxygens (including phenoxy) is 3. The van der Waals surface area contributed by atoms with Gasteiger partial charge in [0.05, 0.1) is 26.4 Å². The second-order valence-corrected chi connectivity index (χ2v) is 5.49. The molecule has 0 amide bonds. The van der Waals surface area contributed by atoms with Crippen LogP contribution in [0, 0.1) is 5.92 Å². The van der Waals surface area contributed by atoms with Gasteiger partial charge in [0, 0.05) is 6.61 Å². The molecule has 1 N–H and O–H groups in total. The van der Waals surface area contributed by atoms with E-state index < -0.39 is 5.54 Å². The summed E-state index contributed by atoms with van der Waals surface area (Å²) < 4.78 is 16.3. The molecule has 2 aliphatic rings. The summed E-state index contributed by atoms with van der Waals surface area (Å²) in [6.07, 6.45) is 5.68. The summed E-state index contributed by atoms with van der Waals surface area (Å²) in [4.78, 5) is 12.0. The van der Waals surface area contributed by atoms with Crippen molar-refractivity contribution in [2.24, 2.45) is 5.92 Å². The maximum atomic E-state index is 12.0. The molecule has 5 nitrogen and oxygen atoms in total. The van der Waals surface area contributed by atoms with E-state index in [-0.39, 0.29) is 12.1 Å². The quantitative estimate of drug-likeness (QED) is 0.703. The van der Waals surface area contributed by atoms with Crippen LogP contribution in [0.15, 0.2) is 0 Å². The van der Waals surface area contributed by atoms with E-state index in [0.29, 0.717) is 19.1 Å². The Morgan fingerprint density at radius 3 is 2.68 bits per heavy atom. The van der Waals surface area contributed by atoms with E-state index >= 15 is 0 Å². The largest absolute Gasteiger partial charge is 0.468 e. The van der Waals surface area contributed by atoms with Crippen LogP contribution >= 0.6 is 0 Å². The lowest BCUT2D eigenvalue weighted by atomic mass is 9.94. The number of hydrogen-bond donors (Lipinski definition) is 1. The molecule has 0 bridgehead atoms. The molecule has 2 fully saturated rings. The molecular formula is C14H25NO4. The third kappa shape index (κ3) is 3.46. The van der Waals surface area contributed by atoms with Crippen molar-refractivity contribution in [1.82, 2.24) is 5.32 Å². The van der Waals surface area contributed by atoms with E-state index in [2.05, 4.69) is 5.32 Å². The fourth-order valence-corrected chi connectivity index (χ4v) is 2.77. The van der Waals surface area contributed by atoms with Gasteiger partial charge in [0.15, 0.2) is 0 Å². The van der Waals surface area contributed by atoms with Crippen molar-refractivity contribution in [1.29, 1.82) is 0 Å². The first-order valence-corrected chi connectivity index (χ1v) is 7.19. The summed E-state index contributed by atoms with van der Waals surface area (Å²) >= 11 is 0. The standard InChI is InChI=1S/C14H25NO4/c1-15-14(11-6-7-11,13(16)17-2)10-18-9-12-5-3-4-8-19-12/h11-12,15H,3-10H2,1-2H3. The van der Waals surface area contributed by atoms with Crippen LogP contribution in [0.4, 0.5) is 0 Å². The predicted octanol–water partition coefficient (Wildman–Crippen LogP) is 1.11. The van der Waals surface area contributed by atoms with E-state index in [1.807, 2.05) is 0 Å². The third-order valence-corrected chi connectivity index (χ3v) is 4.18. The molecule has 2 unspecified atom stereocenters. The summed E-state index contributed by atoms with van der Waals surface area (Å²) in [5.74, 6) is 0.110. The van der Waals surface area contributed by atoms with Gasteiger partial charge in [-0.05, 0) is 45.1 Å². The number of likely N-dealkylation sites (N-methyl/N-ethyl adjacent to an activating group) is 1. The minimum Gasteiger partial charge on any atom is -0.468 e. The van der Waals surface area contributed by atoms with Crippen LogP contribution in [0.2, 0.25) is 0 Å². The van der Waals surface area contributed by atoms with Gasteiger partial charge in [-0.2, -0.15) is 0 Å². The van der Waals surface area contributed by atoms with Gasteiger partial charge >= 0.3 is 5.97 Å². The highest BCUT2D eigenvalue weighted by Gasteiger charge is 2.51. The molecule has 5 heteroatoms.